The SMILES string of the molecule is Cc1noc(C2CCN(c3ccc(S(=O)(=O)NC4CCC(C)CC4)cc3[N+](=O)[O-])CC2)n1. The zero-order chi connectivity index (χ0) is 22.9. The molecule has 0 atom stereocenters. The van der Waals surface area contributed by atoms with E-state index < -0.39 is 14.9 Å². The van der Waals surface area contributed by atoms with Gasteiger partial charge in [-0.2, -0.15) is 4.98 Å². The number of nitrogens with zero attached hydrogens (tertiary/aromatic N) is 4. The summed E-state index contributed by atoms with van der Waals surface area (Å²) in [6.45, 7) is 5.10. The molecule has 2 aromatic rings. The lowest BCUT2D eigenvalue weighted by Crippen LogP contribution is -2.37. The molecule has 2 aliphatic rings. The first-order valence-corrected chi connectivity index (χ1v) is 12.6. The first-order valence-electron chi connectivity index (χ1n) is 11.1. The van der Waals surface area contributed by atoms with E-state index in [0.29, 0.717) is 36.4 Å². The normalized spacial score (nSPS) is 22.8. The molecule has 32 heavy (non-hydrogen) atoms. The Morgan fingerprint density at radius 1 is 1.16 bits per heavy atom. The lowest BCUT2D eigenvalue weighted by atomic mass is 9.88. The third-order valence-electron chi connectivity index (χ3n) is 6.52. The molecule has 1 N–H and O–H groups in total. The van der Waals surface area contributed by atoms with Gasteiger partial charge >= 0.3 is 0 Å². The van der Waals surface area contributed by atoms with Crippen molar-refractivity contribution in [3.05, 3.63) is 40.0 Å². The van der Waals surface area contributed by atoms with Crippen molar-refractivity contribution in [3.63, 3.8) is 0 Å². The van der Waals surface area contributed by atoms with Crippen molar-refractivity contribution in [1.29, 1.82) is 0 Å². The van der Waals surface area contributed by atoms with Crippen molar-refractivity contribution in [2.75, 3.05) is 18.0 Å². The molecule has 1 aromatic heterocycles. The van der Waals surface area contributed by atoms with Gasteiger partial charge in [-0.3, -0.25) is 10.1 Å². The number of nitro groups is 1. The summed E-state index contributed by atoms with van der Waals surface area (Å²) in [5, 5.41) is 15.6. The second-order valence-electron chi connectivity index (χ2n) is 8.93. The number of piperidine rings is 1. The monoisotopic (exact) mass is 463 g/mol. The number of aryl methyl sites for hydroxylation is 1. The minimum absolute atomic E-state index is 0.0669. The molecule has 1 saturated heterocycles. The van der Waals surface area contributed by atoms with Gasteiger partial charge < -0.3 is 9.42 Å². The summed E-state index contributed by atoms with van der Waals surface area (Å²) in [7, 11) is -3.82. The molecule has 1 aliphatic carbocycles. The molecule has 0 amide bonds. The van der Waals surface area contributed by atoms with Crippen LogP contribution in [-0.2, 0) is 10.0 Å². The lowest BCUT2D eigenvalue weighted by molar-refractivity contribution is -0.384. The average Bonchev–Trinajstić information content (AvgIpc) is 3.21. The van der Waals surface area contributed by atoms with Gasteiger partial charge in [0.25, 0.3) is 5.69 Å². The van der Waals surface area contributed by atoms with Gasteiger partial charge in [-0.05, 0) is 63.5 Å². The number of anilines is 1. The predicted octanol–water partition coefficient (Wildman–Crippen LogP) is 3.53. The van der Waals surface area contributed by atoms with Crippen LogP contribution in [0.3, 0.4) is 0 Å². The molecule has 1 saturated carbocycles. The van der Waals surface area contributed by atoms with Crippen LogP contribution < -0.4 is 9.62 Å². The minimum atomic E-state index is -3.82. The van der Waals surface area contributed by atoms with Crippen LogP contribution in [0.1, 0.15) is 63.1 Å². The van der Waals surface area contributed by atoms with Crippen molar-refractivity contribution in [2.24, 2.45) is 5.92 Å². The van der Waals surface area contributed by atoms with Crippen LogP contribution in [0.5, 0.6) is 0 Å². The van der Waals surface area contributed by atoms with Gasteiger partial charge in [-0.1, -0.05) is 12.1 Å². The Hall–Kier alpha value is -2.53. The maximum Gasteiger partial charge on any atom is 0.293 e. The summed E-state index contributed by atoms with van der Waals surface area (Å²) in [6, 6.07) is 4.06. The van der Waals surface area contributed by atoms with E-state index in [1.54, 1.807) is 13.0 Å². The largest absolute Gasteiger partial charge is 0.366 e. The molecular formula is C21H29N5O5S. The lowest BCUT2D eigenvalue weighted by Gasteiger charge is -2.32. The standard InChI is InChI=1S/C21H29N5O5S/c1-14-3-5-17(6-4-14)24-32(29,30)18-7-8-19(20(13-18)26(27)28)25-11-9-16(10-12-25)21-22-15(2)23-31-21/h7-8,13-14,16-17,24H,3-6,9-12H2,1-2H3. The van der Waals surface area contributed by atoms with E-state index in [2.05, 4.69) is 21.8 Å². The van der Waals surface area contributed by atoms with Crippen molar-refractivity contribution < 1.29 is 17.9 Å². The van der Waals surface area contributed by atoms with Crippen LogP contribution in [0.4, 0.5) is 11.4 Å². The van der Waals surface area contributed by atoms with E-state index in [4.69, 9.17) is 4.52 Å². The number of benzene rings is 1. The number of aromatic nitrogens is 2. The average molecular weight is 464 g/mol. The highest BCUT2D eigenvalue weighted by atomic mass is 32.2. The molecule has 4 rings (SSSR count). The quantitative estimate of drug-likeness (QED) is 0.508. The fraction of sp³-hybridized carbons (Fsp3) is 0.619. The first-order chi connectivity index (χ1) is 15.2. The smallest absolute Gasteiger partial charge is 0.293 e. The molecule has 0 spiro atoms. The fourth-order valence-electron chi connectivity index (χ4n) is 4.60. The maximum atomic E-state index is 12.9. The number of sulfonamides is 1. The second kappa shape index (κ2) is 9.14. The molecule has 2 fully saturated rings. The van der Waals surface area contributed by atoms with Crippen LogP contribution in [0, 0.1) is 23.0 Å². The van der Waals surface area contributed by atoms with Gasteiger partial charge in [0, 0.05) is 31.1 Å². The van der Waals surface area contributed by atoms with Crippen LogP contribution in [0.25, 0.3) is 0 Å². The fourth-order valence-corrected chi connectivity index (χ4v) is 5.92. The summed E-state index contributed by atoms with van der Waals surface area (Å²) < 4.78 is 33.8. The molecule has 11 heteroatoms. The van der Waals surface area contributed by atoms with Crippen molar-refractivity contribution >= 4 is 21.4 Å². The summed E-state index contributed by atoms with van der Waals surface area (Å²) in [6.07, 6.45) is 4.97. The van der Waals surface area contributed by atoms with Gasteiger partial charge in [0.15, 0.2) is 5.82 Å². The van der Waals surface area contributed by atoms with E-state index >= 15 is 0 Å². The van der Waals surface area contributed by atoms with Crippen molar-refractivity contribution in [2.45, 2.75) is 69.2 Å². The highest BCUT2D eigenvalue weighted by molar-refractivity contribution is 7.89. The van der Waals surface area contributed by atoms with Gasteiger partial charge in [-0.25, -0.2) is 13.1 Å². The predicted molar refractivity (Wildman–Crippen MR) is 118 cm³/mol. The Labute approximate surface area is 187 Å². The third-order valence-corrected chi connectivity index (χ3v) is 8.04. The highest BCUT2D eigenvalue weighted by Crippen LogP contribution is 2.36. The Kier molecular flexibility index (Phi) is 6.47. The van der Waals surface area contributed by atoms with E-state index in [0.717, 1.165) is 38.5 Å². The summed E-state index contributed by atoms with van der Waals surface area (Å²) in [4.78, 5) is 17.4. The molecule has 0 radical (unpaired) electrons. The molecule has 2 heterocycles. The molecule has 1 aromatic carbocycles. The zero-order valence-electron chi connectivity index (χ0n) is 18.4. The molecular weight excluding hydrogens is 434 g/mol. The molecule has 10 nitrogen and oxygen atoms in total. The topological polar surface area (TPSA) is 131 Å². The number of nitrogens with one attached hydrogen (secondary N) is 1. The van der Waals surface area contributed by atoms with Crippen LogP contribution in [-0.4, -0.2) is 42.6 Å². The molecule has 0 unspecified atom stereocenters. The van der Waals surface area contributed by atoms with Gasteiger partial charge in [0.1, 0.15) is 5.69 Å². The van der Waals surface area contributed by atoms with Crippen LogP contribution >= 0.6 is 0 Å². The van der Waals surface area contributed by atoms with E-state index in [9.17, 15) is 18.5 Å². The second-order valence-corrected chi connectivity index (χ2v) is 10.6. The molecule has 0 bridgehead atoms. The number of hydrogen-bond acceptors (Lipinski definition) is 8. The van der Waals surface area contributed by atoms with Crippen molar-refractivity contribution in [3.8, 4) is 0 Å². The first kappa shape index (κ1) is 22.7. The summed E-state index contributed by atoms with van der Waals surface area (Å²) in [5.74, 6) is 1.91. The zero-order valence-corrected chi connectivity index (χ0v) is 19.2. The van der Waals surface area contributed by atoms with Crippen LogP contribution in [0.2, 0.25) is 0 Å². The van der Waals surface area contributed by atoms with E-state index in [1.165, 1.54) is 12.1 Å². The minimum Gasteiger partial charge on any atom is -0.366 e. The van der Waals surface area contributed by atoms with E-state index in [1.807, 2.05) is 4.90 Å². The van der Waals surface area contributed by atoms with Crippen LogP contribution in [0.15, 0.2) is 27.6 Å². The summed E-state index contributed by atoms with van der Waals surface area (Å²) >= 11 is 0. The molecule has 174 valence electrons. The number of rotatable bonds is 6. The Morgan fingerprint density at radius 2 is 1.84 bits per heavy atom. The van der Waals surface area contributed by atoms with Gasteiger partial charge in [0.2, 0.25) is 15.9 Å². The Balaban J connectivity index is 1.49. The number of nitro benzene ring substituents is 1. The van der Waals surface area contributed by atoms with Crippen molar-refractivity contribution in [1.82, 2.24) is 14.9 Å². The Bertz CT molecular complexity index is 1070. The highest BCUT2D eigenvalue weighted by Gasteiger charge is 2.30. The summed E-state index contributed by atoms with van der Waals surface area (Å²) in [5.41, 5.74) is 0.234. The van der Waals surface area contributed by atoms with Gasteiger partial charge in [-0.15, -0.1) is 0 Å². The number of hydrogen-bond donors (Lipinski definition) is 1. The van der Waals surface area contributed by atoms with E-state index in [-0.39, 0.29) is 22.5 Å². The van der Waals surface area contributed by atoms with Gasteiger partial charge in [0.05, 0.1) is 9.82 Å². The Morgan fingerprint density at radius 3 is 2.44 bits per heavy atom. The maximum absolute atomic E-state index is 12.9. The molecule has 1 aliphatic heterocycles. The third kappa shape index (κ3) is 4.93.